The van der Waals surface area contributed by atoms with E-state index in [9.17, 15) is 23.2 Å². The summed E-state index contributed by atoms with van der Waals surface area (Å²) in [6.07, 6.45) is -4.77. The number of carboxylic acid groups (broad SMARTS) is 1. The number of carboxylic acids is 1. The molecule has 3 unspecified atom stereocenters. The number of halogens is 2. The topological polar surface area (TPSA) is 114 Å². The molecule has 2 aliphatic rings. The zero-order valence-corrected chi connectivity index (χ0v) is 18.8. The van der Waals surface area contributed by atoms with Crippen molar-refractivity contribution in [2.75, 3.05) is 19.8 Å². The maximum absolute atomic E-state index is 13.0. The summed E-state index contributed by atoms with van der Waals surface area (Å²) in [6.45, 7) is 0.245. The van der Waals surface area contributed by atoms with Gasteiger partial charge in [-0.15, -0.1) is 0 Å². The van der Waals surface area contributed by atoms with Crippen LogP contribution in [0.5, 0.6) is 0 Å². The fraction of sp³-hybridized carbons (Fsp3) is 0.400. The Morgan fingerprint density at radius 3 is 2.29 bits per heavy atom. The smallest absolute Gasteiger partial charge is 0.407 e. The Labute approximate surface area is 200 Å². The molecule has 10 heteroatoms. The lowest BCUT2D eigenvalue weighted by Gasteiger charge is -2.18. The van der Waals surface area contributed by atoms with Crippen molar-refractivity contribution in [1.29, 1.82) is 0 Å². The Morgan fingerprint density at radius 1 is 1.06 bits per heavy atom. The molecule has 0 bridgehead atoms. The average molecular weight is 488 g/mol. The normalized spacial score (nSPS) is 19.6. The Bertz CT molecular complexity index is 1050. The van der Waals surface area contributed by atoms with Crippen LogP contribution in [0.15, 0.2) is 48.5 Å². The fourth-order valence-electron chi connectivity index (χ4n) is 4.57. The Kier molecular flexibility index (Phi) is 7.60. The molecule has 4 rings (SSSR count). The van der Waals surface area contributed by atoms with E-state index in [2.05, 4.69) is 10.6 Å². The third-order valence-corrected chi connectivity index (χ3v) is 6.30. The highest BCUT2D eigenvalue weighted by Gasteiger charge is 2.34. The summed E-state index contributed by atoms with van der Waals surface area (Å²) in [5, 5.41) is 13.4. The standard InChI is InChI=1S/C25H26F2N2O6/c26-23(27)21(10-22(30)31)29-24(32)14-9-15(34-12-14)11-28-25(33)35-13-20-18-7-3-1-5-16(18)17-6-2-4-8-19(17)20/h1-8,14-15,20-21,23H,9-13H2,(H,28,33)(H,29,32)(H,30,31). The van der Waals surface area contributed by atoms with E-state index < -0.39 is 48.9 Å². The van der Waals surface area contributed by atoms with Crippen molar-refractivity contribution in [3.05, 3.63) is 59.7 Å². The van der Waals surface area contributed by atoms with E-state index in [1.54, 1.807) is 0 Å². The minimum absolute atomic E-state index is 0.00804. The van der Waals surface area contributed by atoms with Crippen molar-refractivity contribution >= 4 is 18.0 Å². The Morgan fingerprint density at radius 2 is 1.69 bits per heavy atom. The van der Waals surface area contributed by atoms with Gasteiger partial charge >= 0.3 is 12.1 Å². The second kappa shape index (κ2) is 10.8. The summed E-state index contributed by atoms with van der Waals surface area (Å²) >= 11 is 0. The molecule has 2 aromatic rings. The number of amides is 2. The Balaban J connectivity index is 1.24. The lowest BCUT2D eigenvalue weighted by molar-refractivity contribution is -0.139. The molecule has 2 aromatic carbocycles. The van der Waals surface area contributed by atoms with Crippen LogP contribution in [0.4, 0.5) is 13.6 Å². The third-order valence-electron chi connectivity index (χ3n) is 6.30. The number of hydrogen-bond acceptors (Lipinski definition) is 5. The molecule has 1 fully saturated rings. The number of alkyl halides is 2. The van der Waals surface area contributed by atoms with E-state index in [4.69, 9.17) is 14.6 Å². The lowest BCUT2D eigenvalue weighted by atomic mass is 9.98. The molecule has 35 heavy (non-hydrogen) atoms. The number of carbonyl (C=O) groups is 3. The van der Waals surface area contributed by atoms with Gasteiger partial charge in [-0.3, -0.25) is 9.59 Å². The summed E-state index contributed by atoms with van der Waals surface area (Å²) in [4.78, 5) is 35.3. The van der Waals surface area contributed by atoms with Crippen molar-refractivity contribution < 1.29 is 37.7 Å². The van der Waals surface area contributed by atoms with Crippen LogP contribution in [0.25, 0.3) is 11.1 Å². The van der Waals surface area contributed by atoms with Gasteiger partial charge in [-0.2, -0.15) is 0 Å². The van der Waals surface area contributed by atoms with E-state index >= 15 is 0 Å². The van der Waals surface area contributed by atoms with Crippen LogP contribution >= 0.6 is 0 Å². The summed E-state index contributed by atoms with van der Waals surface area (Å²) < 4.78 is 36.9. The number of ether oxygens (including phenoxy) is 2. The number of benzene rings is 2. The van der Waals surface area contributed by atoms with Gasteiger partial charge < -0.3 is 25.2 Å². The molecular weight excluding hydrogens is 462 g/mol. The molecule has 2 amide bonds. The summed E-state index contributed by atoms with van der Waals surface area (Å²) in [6, 6.07) is 14.2. The van der Waals surface area contributed by atoms with Crippen LogP contribution in [0, 0.1) is 5.92 Å². The van der Waals surface area contributed by atoms with Crippen LogP contribution < -0.4 is 10.6 Å². The van der Waals surface area contributed by atoms with Gasteiger partial charge in [0, 0.05) is 12.5 Å². The molecular formula is C25H26F2N2O6. The second-order valence-electron chi connectivity index (χ2n) is 8.64. The van der Waals surface area contributed by atoms with E-state index in [1.807, 2.05) is 48.5 Å². The van der Waals surface area contributed by atoms with Gasteiger partial charge in [0.15, 0.2) is 0 Å². The zero-order valence-electron chi connectivity index (χ0n) is 18.8. The van der Waals surface area contributed by atoms with Gasteiger partial charge in [0.25, 0.3) is 6.43 Å². The molecule has 0 radical (unpaired) electrons. The van der Waals surface area contributed by atoms with Crippen molar-refractivity contribution in [2.45, 2.75) is 37.3 Å². The maximum Gasteiger partial charge on any atom is 0.407 e. The number of alkyl carbamates (subject to hydrolysis) is 1. The first kappa shape index (κ1) is 24.6. The van der Waals surface area contributed by atoms with Crippen molar-refractivity contribution in [2.24, 2.45) is 5.92 Å². The van der Waals surface area contributed by atoms with Crippen LogP contribution in [-0.2, 0) is 19.1 Å². The highest BCUT2D eigenvalue weighted by atomic mass is 19.3. The Hall–Kier alpha value is -3.53. The van der Waals surface area contributed by atoms with Gasteiger partial charge in [0.2, 0.25) is 5.91 Å². The molecule has 3 atom stereocenters. The predicted octanol–water partition coefficient (Wildman–Crippen LogP) is 3.15. The number of hydrogen-bond donors (Lipinski definition) is 3. The van der Waals surface area contributed by atoms with Crippen LogP contribution in [0.1, 0.15) is 29.9 Å². The highest BCUT2D eigenvalue weighted by Crippen LogP contribution is 2.44. The van der Waals surface area contributed by atoms with Gasteiger partial charge in [0.05, 0.1) is 25.0 Å². The molecule has 1 heterocycles. The molecule has 8 nitrogen and oxygen atoms in total. The number of aliphatic carboxylic acids is 1. The zero-order chi connectivity index (χ0) is 24.9. The van der Waals surface area contributed by atoms with E-state index in [0.29, 0.717) is 0 Å². The molecule has 0 saturated carbocycles. The number of rotatable bonds is 9. The largest absolute Gasteiger partial charge is 0.481 e. The summed E-state index contributed by atoms with van der Waals surface area (Å²) in [7, 11) is 0. The molecule has 186 valence electrons. The molecule has 3 N–H and O–H groups in total. The van der Waals surface area contributed by atoms with E-state index in [1.165, 1.54) is 0 Å². The monoisotopic (exact) mass is 488 g/mol. The van der Waals surface area contributed by atoms with Gasteiger partial charge in [0.1, 0.15) is 12.6 Å². The maximum atomic E-state index is 13.0. The summed E-state index contributed by atoms with van der Waals surface area (Å²) in [5.41, 5.74) is 4.44. The average Bonchev–Trinajstić information content (AvgIpc) is 3.44. The van der Waals surface area contributed by atoms with Gasteiger partial charge in [-0.05, 0) is 28.7 Å². The fourth-order valence-corrected chi connectivity index (χ4v) is 4.57. The minimum atomic E-state index is -3.00. The van der Waals surface area contributed by atoms with Crippen molar-refractivity contribution in [3.8, 4) is 11.1 Å². The van der Waals surface area contributed by atoms with Crippen LogP contribution in [0.2, 0.25) is 0 Å². The molecule has 1 saturated heterocycles. The molecule has 0 aromatic heterocycles. The van der Waals surface area contributed by atoms with Crippen molar-refractivity contribution in [3.63, 3.8) is 0 Å². The van der Waals surface area contributed by atoms with E-state index in [-0.39, 0.29) is 32.1 Å². The predicted molar refractivity (Wildman–Crippen MR) is 121 cm³/mol. The number of fused-ring (bicyclic) bond motifs is 3. The molecule has 0 spiro atoms. The lowest BCUT2D eigenvalue weighted by Crippen LogP contribution is -2.44. The van der Waals surface area contributed by atoms with E-state index in [0.717, 1.165) is 22.3 Å². The molecule has 1 aliphatic carbocycles. The van der Waals surface area contributed by atoms with Gasteiger partial charge in [-0.1, -0.05) is 48.5 Å². The first-order valence-electron chi connectivity index (χ1n) is 11.3. The third kappa shape index (κ3) is 5.76. The van der Waals surface area contributed by atoms with Crippen LogP contribution in [-0.4, -0.2) is 61.4 Å². The van der Waals surface area contributed by atoms with Crippen LogP contribution in [0.3, 0.4) is 0 Å². The highest BCUT2D eigenvalue weighted by molar-refractivity contribution is 5.80. The second-order valence-corrected chi connectivity index (χ2v) is 8.64. The molecule has 1 aliphatic heterocycles. The first-order chi connectivity index (χ1) is 16.8. The quantitative estimate of drug-likeness (QED) is 0.500. The minimum Gasteiger partial charge on any atom is -0.481 e. The number of carbonyl (C=O) groups excluding carboxylic acids is 2. The summed E-state index contributed by atoms with van der Waals surface area (Å²) in [5.74, 6) is -2.90. The van der Waals surface area contributed by atoms with Gasteiger partial charge in [-0.25, -0.2) is 13.6 Å². The SMILES string of the molecule is O=C(O)CC(NC(=O)C1COC(CNC(=O)OCC2c3ccccc3-c3ccccc32)C1)C(F)F. The van der Waals surface area contributed by atoms with Crippen molar-refractivity contribution in [1.82, 2.24) is 10.6 Å². The first-order valence-corrected chi connectivity index (χ1v) is 11.3. The number of nitrogens with one attached hydrogen (secondary N) is 2.